The molecule has 0 aromatic carbocycles. The van der Waals surface area contributed by atoms with E-state index in [4.69, 9.17) is 4.42 Å². The van der Waals surface area contributed by atoms with Crippen LogP contribution in [0.5, 0.6) is 0 Å². The van der Waals surface area contributed by atoms with E-state index in [9.17, 15) is 8.42 Å². The van der Waals surface area contributed by atoms with Crippen LogP contribution >= 0.6 is 0 Å². The first-order chi connectivity index (χ1) is 8.94. The van der Waals surface area contributed by atoms with Crippen LogP contribution in [-0.2, 0) is 16.6 Å². The summed E-state index contributed by atoms with van der Waals surface area (Å²) in [6.45, 7) is 6.51. The molecular formula is C13H24N2O3S. The molecule has 0 radical (unpaired) electrons. The maximum Gasteiger partial charge on any atom is 0.244 e. The van der Waals surface area contributed by atoms with Gasteiger partial charge in [0.1, 0.15) is 16.4 Å². The number of hydrogen-bond acceptors (Lipinski definition) is 4. The number of furan rings is 1. The predicted octanol–water partition coefficient (Wildman–Crippen LogP) is 2.08. The van der Waals surface area contributed by atoms with Gasteiger partial charge in [0.25, 0.3) is 0 Å². The van der Waals surface area contributed by atoms with Crippen LogP contribution in [0.25, 0.3) is 0 Å². The molecule has 0 aliphatic rings. The van der Waals surface area contributed by atoms with Crippen LogP contribution in [0.1, 0.15) is 43.3 Å². The SMILES string of the molecule is CCCCCNS(=O)(=O)c1c(C)oc(C)c1CNC. The summed E-state index contributed by atoms with van der Waals surface area (Å²) in [5.74, 6) is 1.10. The lowest BCUT2D eigenvalue weighted by Crippen LogP contribution is -2.26. The van der Waals surface area contributed by atoms with Crippen molar-refractivity contribution in [3.05, 3.63) is 17.1 Å². The molecule has 1 aromatic rings. The lowest BCUT2D eigenvalue weighted by molar-refractivity contribution is 0.493. The van der Waals surface area contributed by atoms with Crippen molar-refractivity contribution < 1.29 is 12.8 Å². The fourth-order valence-electron chi connectivity index (χ4n) is 2.10. The van der Waals surface area contributed by atoms with Crippen LogP contribution in [0.15, 0.2) is 9.31 Å². The van der Waals surface area contributed by atoms with E-state index < -0.39 is 10.0 Å². The fourth-order valence-corrected chi connectivity index (χ4v) is 3.61. The molecule has 6 heteroatoms. The maximum absolute atomic E-state index is 12.3. The highest BCUT2D eigenvalue weighted by Crippen LogP contribution is 2.26. The van der Waals surface area contributed by atoms with Crippen molar-refractivity contribution in [2.45, 2.75) is 51.5 Å². The second-order valence-electron chi connectivity index (χ2n) is 4.66. The van der Waals surface area contributed by atoms with Crippen molar-refractivity contribution >= 4 is 10.0 Å². The van der Waals surface area contributed by atoms with Gasteiger partial charge in [-0.1, -0.05) is 19.8 Å². The lowest BCUT2D eigenvalue weighted by atomic mass is 10.2. The summed E-state index contributed by atoms with van der Waals surface area (Å²) in [6, 6.07) is 0. The normalized spacial score (nSPS) is 12.0. The fraction of sp³-hybridized carbons (Fsp3) is 0.692. The molecule has 0 amide bonds. The van der Waals surface area contributed by atoms with Crippen LogP contribution in [0.4, 0.5) is 0 Å². The zero-order valence-corrected chi connectivity index (χ0v) is 13.0. The summed E-state index contributed by atoms with van der Waals surface area (Å²) in [6.07, 6.45) is 2.94. The lowest BCUT2D eigenvalue weighted by Gasteiger charge is -2.08. The van der Waals surface area contributed by atoms with Gasteiger partial charge in [0.15, 0.2) is 0 Å². The Bertz CT molecular complexity index is 506. The average molecular weight is 288 g/mol. The highest BCUT2D eigenvalue weighted by Gasteiger charge is 2.25. The molecule has 0 saturated carbocycles. The van der Waals surface area contributed by atoms with Gasteiger partial charge in [-0.2, -0.15) is 0 Å². The molecule has 0 aliphatic heterocycles. The standard InChI is InChI=1S/C13H24N2O3S/c1-5-6-7-8-15-19(16,17)13-11(3)18-10(2)12(13)9-14-4/h14-15H,5-9H2,1-4H3. The van der Waals surface area contributed by atoms with Crippen LogP contribution in [0, 0.1) is 13.8 Å². The van der Waals surface area contributed by atoms with E-state index in [1.807, 2.05) is 0 Å². The van der Waals surface area contributed by atoms with Crippen molar-refractivity contribution in [3.8, 4) is 0 Å². The van der Waals surface area contributed by atoms with Gasteiger partial charge in [-0.05, 0) is 27.3 Å². The molecule has 2 N–H and O–H groups in total. The van der Waals surface area contributed by atoms with E-state index in [1.165, 1.54) is 0 Å². The Kier molecular flexibility index (Phi) is 6.03. The van der Waals surface area contributed by atoms with Crippen molar-refractivity contribution in [1.82, 2.24) is 10.0 Å². The van der Waals surface area contributed by atoms with Gasteiger partial charge in [0, 0.05) is 18.7 Å². The molecule has 0 aliphatic carbocycles. The summed E-state index contributed by atoms with van der Waals surface area (Å²) in [7, 11) is -1.70. The Labute approximate surface area is 115 Å². The first-order valence-corrected chi connectivity index (χ1v) is 8.15. The molecule has 0 saturated heterocycles. The van der Waals surface area contributed by atoms with Crippen molar-refractivity contribution in [2.75, 3.05) is 13.6 Å². The number of sulfonamides is 1. The molecule has 1 rings (SSSR count). The smallest absolute Gasteiger partial charge is 0.244 e. The molecule has 1 aromatic heterocycles. The van der Waals surface area contributed by atoms with Crippen molar-refractivity contribution in [2.24, 2.45) is 0 Å². The molecular weight excluding hydrogens is 264 g/mol. The third-order valence-corrected chi connectivity index (χ3v) is 4.68. The summed E-state index contributed by atoms with van der Waals surface area (Å²) >= 11 is 0. The summed E-state index contributed by atoms with van der Waals surface area (Å²) in [5, 5.41) is 2.97. The van der Waals surface area contributed by atoms with E-state index >= 15 is 0 Å². The number of unbranched alkanes of at least 4 members (excludes halogenated alkanes) is 2. The van der Waals surface area contributed by atoms with Crippen LogP contribution in [0.2, 0.25) is 0 Å². The molecule has 0 unspecified atom stereocenters. The molecule has 110 valence electrons. The molecule has 0 atom stereocenters. The van der Waals surface area contributed by atoms with Gasteiger partial charge in [-0.25, -0.2) is 13.1 Å². The Hall–Kier alpha value is -0.850. The van der Waals surface area contributed by atoms with E-state index in [2.05, 4.69) is 17.0 Å². The van der Waals surface area contributed by atoms with Gasteiger partial charge in [-0.15, -0.1) is 0 Å². The predicted molar refractivity (Wildman–Crippen MR) is 75.7 cm³/mol. The monoisotopic (exact) mass is 288 g/mol. The molecule has 0 fully saturated rings. The second kappa shape index (κ2) is 7.07. The Morgan fingerprint density at radius 1 is 1.16 bits per heavy atom. The van der Waals surface area contributed by atoms with Gasteiger partial charge >= 0.3 is 0 Å². The summed E-state index contributed by atoms with van der Waals surface area (Å²) in [5.41, 5.74) is 0.711. The number of hydrogen-bond donors (Lipinski definition) is 2. The zero-order valence-electron chi connectivity index (χ0n) is 12.2. The van der Waals surface area contributed by atoms with E-state index in [1.54, 1.807) is 20.9 Å². The third kappa shape index (κ3) is 4.06. The van der Waals surface area contributed by atoms with E-state index in [-0.39, 0.29) is 4.90 Å². The van der Waals surface area contributed by atoms with Gasteiger partial charge in [-0.3, -0.25) is 0 Å². The molecule has 0 spiro atoms. The minimum atomic E-state index is -3.49. The third-order valence-electron chi connectivity index (χ3n) is 3.02. The van der Waals surface area contributed by atoms with Crippen molar-refractivity contribution in [1.29, 1.82) is 0 Å². The number of nitrogens with one attached hydrogen (secondary N) is 2. The molecule has 19 heavy (non-hydrogen) atoms. The largest absolute Gasteiger partial charge is 0.465 e. The van der Waals surface area contributed by atoms with E-state index in [0.29, 0.717) is 30.2 Å². The minimum absolute atomic E-state index is 0.288. The molecule has 5 nitrogen and oxygen atoms in total. The van der Waals surface area contributed by atoms with Gasteiger partial charge < -0.3 is 9.73 Å². The Morgan fingerprint density at radius 3 is 2.42 bits per heavy atom. The first-order valence-electron chi connectivity index (χ1n) is 6.67. The quantitative estimate of drug-likeness (QED) is 0.719. The topological polar surface area (TPSA) is 71.3 Å². The maximum atomic E-state index is 12.3. The first kappa shape index (κ1) is 16.2. The van der Waals surface area contributed by atoms with E-state index in [0.717, 1.165) is 19.3 Å². The summed E-state index contributed by atoms with van der Waals surface area (Å²) < 4.78 is 32.8. The molecule has 1 heterocycles. The average Bonchev–Trinajstić information content (AvgIpc) is 2.61. The van der Waals surface area contributed by atoms with Crippen molar-refractivity contribution in [3.63, 3.8) is 0 Å². The zero-order chi connectivity index (χ0) is 14.5. The van der Waals surface area contributed by atoms with Gasteiger partial charge in [0.05, 0.1) is 0 Å². The number of aryl methyl sites for hydroxylation is 2. The summed E-state index contributed by atoms with van der Waals surface area (Å²) in [4.78, 5) is 0.288. The Morgan fingerprint density at radius 2 is 1.84 bits per heavy atom. The second-order valence-corrected chi connectivity index (χ2v) is 6.36. The highest BCUT2D eigenvalue weighted by atomic mass is 32.2. The number of rotatable bonds is 8. The van der Waals surface area contributed by atoms with Crippen LogP contribution in [-0.4, -0.2) is 22.0 Å². The van der Waals surface area contributed by atoms with Gasteiger partial charge in [0.2, 0.25) is 10.0 Å². The molecule has 0 bridgehead atoms. The van der Waals surface area contributed by atoms with Crippen LogP contribution in [0.3, 0.4) is 0 Å². The minimum Gasteiger partial charge on any atom is -0.465 e. The van der Waals surface area contributed by atoms with Crippen LogP contribution < -0.4 is 10.0 Å². The Balaban J connectivity index is 2.94. The highest BCUT2D eigenvalue weighted by molar-refractivity contribution is 7.89.